The van der Waals surface area contributed by atoms with Gasteiger partial charge in [-0.15, -0.1) is 11.8 Å². The quantitative estimate of drug-likeness (QED) is 0.663. The van der Waals surface area contributed by atoms with Crippen LogP contribution in [0.25, 0.3) is 0 Å². The standard InChI is InChI=1S/C15H16N2OS/c1-10-13(16)4-3-5-14(10)17-15(18)11-6-8-12(19-2)9-7-11/h3-9H,16H2,1-2H3,(H,17,18). The van der Waals surface area contributed by atoms with Crippen molar-refractivity contribution in [3.8, 4) is 0 Å². The van der Waals surface area contributed by atoms with Gasteiger partial charge in [-0.05, 0) is 55.1 Å². The van der Waals surface area contributed by atoms with Crippen molar-refractivity contribution < 1.29 is 4.79 Å². The highest BCUT2D eigenvalue weighted by atomic mass is 32.2. The average molecular weight is 272 g/mol. The SMILES string of the molecule is CSc1ccc(C(=O)Nc2cccc(N)c2C)cc1. The van der Waals surface area contributed by atoms with E-state index >= 15 is 0 Å². The molecule has 2 rings (SSSR count). The number of carbonyl (C=O) groups excluding carboxylic acids is 1. The Kier molecular flexibility index (Phi) is 4.12. The molecule has 3 N–H and O–H groups in total. The number of hydrogen-bond acceptors (Lipinski definition) is 3. The highest BCUT2D eigenvalue weighted by molar-refractivity contribution is 7.98. The maximum Gasteiger partial charge on any atom is 0.255 e. The molecule has 4 heteroatoms. The molecule has 1 amide bonds. The second kappa shape index (κ2) is 5.80. The van der Waals surface area contributed by atoms with E-state index in [-0.39, 0.29) is 5.91 Å². The minimum Gasteiger partial charge on any atom is -0.398 e. The number of amides is 1. The molecule has 19 heavy (non-hydrogen) atoms. The number of nitrogen functional groups attached to an aromatic ring is 1. The van der Waals surface area contributed by atoms with Gasteiger partial charge in [-0.2, -0.15) is 0 Å². The Hall–Kier alpha value is -1.94. The largest absolute Gasteiger partial charge is 0.398 e. The molecule has 2 aromatic rings. The van der Waals surface area contributed by atoms with Gasteiger partial charge in [0.15, 0.2) is 0 Å². The van der Waals surface area contributed by atoms with Crippen LogP contribution in [0.4, 0.5) is 11.4 Å². The van der Waals surface area contributed by atoms with Crippen molar-refractivity contribution in [2.45, 2.75) is 11.8 Å². The fraction of sp³-hybridized carbons (Fsp3) is 0.133. The van der Waals surface area contributed by atoms with Gasteiger partial charge in [-0.1, -0.05) is 6.07 Å². The van der Waals surface area contributed by atoms with Crippen molar-refractivity contribution in [1.82, 2.24) is 0 Å². The van der Waals surface area contributed by atoms with Crippen LogP contribution < -0.4 is 11.1 Å². The van der Waals surface area contributed by atoms with Crippen molar-refractivity contribution in [1.29, 1.82) is 0 Å². The van der Waals surface area contributed by atoms with Crippen LogP contribution >= 0.6 is 11.8 Å². The zero-order valence-electron chi connectivity index (χ0n) is 10.9. The van der Waals surface area contributed by atoms with Gasteiger partial charge in [0.2, 0.25) is 0 Å². The predicted molar refractivity (Wildman–Crippen MR) is 81.8 cm³/mol. The van der Waals surface area contributed by atoms with E-state index in [0.717, 1.165) is 16.1 Å². The highest BCUT2D eigenvalue weighted by Gasteiger charge is 2.08. The van der Waals surface area contributed by atoms with Gasteiger partial charge in [-0.3, -0.25) is 4.79 Å². The van der Waals surface area contributed by atoms with Crippen molar-refractivity contribution in [2.24, 2.45) is 0 Å². The van der Waals surface area contributed by atoms with Crippen molar-refractivity contribution in [3.05, 3.63) is 53.6 Å². The van der Waals surface area contributed by atoms with Crippen molar-refractivity contribution in [2.75, 3.05) is 17.3 Å². The van der Waals surface area contributed by atoms with Gasteiger partial charge in [0.25, 0.3) is 5.91 Å². The summed E-state index contributed by atoms with van der Waals surface area (Å²) < 4.78 is 0. The summed E-state index contributed by atoms with van der Waals surface area (Å²) in [5.41, 5.74) is 8.77. The van der Waals surface area contributed by atoms with Gasteiger partial charge >= 0.3 is 0 Å². The molecular formula is C15H16N2OS. The van der Waals surface area contributed by atoms with E-state index in [0.29, 0.717) is 11.3 Å². The van der Waals surface area contributed by atoms with Crippen LogP contribution in [0.1, 0.15) is 15.9 Å². The summed E-state index contributed by atoms with van der Waals surface area (Å²) in [5.74, 6) is -0.124. The first-order valence-electron chi connectivity index (χ1n) is 5.92. The summed E-state index contributed by atoms with van der Waals surface area (Å²) in [7, 11) is 0. The lowest BCUT2D eigenvalue weighted by molar-refractivity contribution is 0.102. The predicted octanol–water partition coefficient (Wildman–Crippen LogP) is 3.55. The summed E-state index contributed by atoms with van der Waals surface area (Å²) in [6.45, 7) is 1.89. The number of hydrogen-bond donors (Lipinski definition) is 2. The van der Waals surface area contributed by atoms with E-state index in [2.05, 4.69) is 5.32 Å². The second-order valence-corrected chi connectivity index (χ2v) is 5.08. The first-order chi connectivity index (χ1) is 9.11. The smallest absolute Gasteiger partial charge is 0.255 e. The maximum absolute atomic E-state index is 12.1. The van der Waals surface area contributed by atoms with E-state index < -0.39 is 0 Å². The summed E-state index contributed by atoms with van der Waals surface area (Å²) in [4.78, 5) is 13.3. The van der Waals surface area contributed by atoms with Gasteiger partial charge in [0.1, 0.15) is 0 Å². The third-order valence-corrected chi connectivity index (χ3v) is 3.72. The maximum atomic E-state index is 12.1. The lowest BCUT2D eigenvalue weighted by Crippen LogP contribution is -2.13. The van der Waals surface area contributed by atoms with Crippen LogP contribution in [0.2, 0.25) is 0 Å². The summed E-state index contributed by atoms with van der Waals surface area (Å²) in [6.07, 6.45) is 2.01. The van der Waals surface area contributed by atoms with Crippen molar-refractivity contribution in [3.63, 3.8) is 0 Å². The Balaban J connectivity index is 2.18. The van der Waals surface area contributed by atoms with Crippen LogP contribution in [0.3, 0.4) is 0 Å². The summed E-state index contributed by atoms with van der Waals surface area (Å²) in [6, 6.07) is 13.0. The number of carbonyl (C=O) groups is 1. The molecular weight excluding hydrogens is 256 g/mol. The van der Waals surface area contributed by atoms with Gasteiger partial charge < -0.3 is 11.1 Å². The number of anilines is 2. The third-order valence-electron chi connectivity index (χ3n) is 2.98. The zero-order valence-corrected chi connectivity index (χ0v) is 11.8. The monoisotopic (exact) mass is 272 g/mol. The van der Waals surface area contributed by atoms with Crippen molar-refractivity contribution >= 4 is 29.0 Å². The zero-order chi connectivity index (χ0) is 13.8. The summed E-state index contributed by atoms with van der Waals surface area (Å²) in [5, 5.41) is 2.88. The van der Waals surface area contributed by atoms with E-state index in [1.807, 2.05) is 55.6 Å². The molecule has 0 aromatic heterocycles. The number of thioether (sulfide) groups is 1. The topological polar surface area (TPSA) is 55.1 Å². The molecule has 0 fully saturated rings. The number of nitrogens with two attached hydrogens (primary N) is 1. The Bertz CT molecular complexity index is 594. The number of nitrogens with one attached hydrogen (secondary N) is 1. The van der Waals surface area contributed by atoms with Crippen LogP contribution in [0.15, 0.2) is 47.4 Å². The molecule has 0 atom stereocenters. The molecule has 3 nitrogen and oxygen atoms in total. The lowest BCUT2D eigenvalue weighted by Gasteiger charge is -2.10. The molecule has 2 aromatic carbocycles. The number of benzene rings is 2. The Morgan fingerprint density at radius 2 is 1.84 bits per heavy atom. The van der Waals surface area contributed by atoms with E-state index in [4.69, 9.17) is 5.73 Å². The third kappa shape index (κ3) is 3.09. The minimum atomic E-state index is -0.124. The molecule has 0 aliphatic heterocycles. The van der Waals surface area contributed by atoms with E-state index in [1.54, 1.807) is 11.8 Å². The van der Waals surface area contributed by atoms with Gasteiger partial charge in [-0.25, -0.2) is 0 Å². The minimum absolute atomic E-state index is 0.124. The normalized spacial score (nSPS) is 10.2. The van der Waals surface area contributed by atoms with Gasteiger partial charge in [0.05, 0.1) is 0 Å². The highest BCUT2D eigenvalue weighted by Crippen LogP contribution is 2.21. The van der Waals surface area contributed by atoms with Crippen LogP contribution in [-0.2, 0) is 0 Å². The molecule has 0 unspecified atom stereocenters. The Morgan fingerprint density at radius 1 is 1.16 bits per heavy atom. The number of rotatable bonds is 3. The molecule has 0 bridgehead atoms. The Morgan fingerprint density at radius 3 is 2.47 bits per heavy atom. The van der Waals surface area contributed by atoms with Crippen LogP contribution in [0.5, 0.6) is 0 Å². The average Bonchev–Trinajstić information content (AvgIpc) is 2.44. The lowest BCUT2D eigenvalue weighted by atomic mass is 10.1. The van der Waals surface area contributed by atoms with E-state index in [1.165, 1.54) is 0 Å². The molecule has 0 spiro atoms. The molecule has 0 saturated carbocycles. The Labute approximate surface area is 117 Å². The second-order valence-electron chi connectivity index (χ2n) is 4.20. The molecule has 0 aliphatic rings. The summed E-state index contributed by atoms with van der Waals surface area (Å²) >= 11 is 1.65. The molecule has 0 radical (unpaired) electrons. The first kappa shape index (κ1) is 13.5. The molecule has 98 valence electrons. The molecule has 0 saturated heterocycles. The van der Waals surface area contributed by atoms with Crippen LogP contribution in [-0.4, -0.2) is 12.2 Å². The van der Waals surface area contributed by atoms with E-state index in [9.17, 15) is 4.79 Å². The fourth-order valence-corrected chi connectivity index (χ4v) is 2.13. The van der Waals surface area contributed by atoms with Crippen LogP contribution in [0, 0.1) is 6.92 Å². The first-order valence-corrected chi connectivity index (χ1v) is 7.15. The molecule has 0 heterocycles. The fourth-order valence-electron chi connectivity index (χ4n) is 1.73. The van der Waals surface area contributed by atoms with Gasteiger partial charge in [0, 0.05) is 21.8 Å². The molecule has 0 aliphatic carbocycles.